The highest BCUT2D eigenvalue weighted by Crippen LogP contribution is 2.32. The lowest BCUT2D eigenvalue weighted by Gasteiger charge is -2.34. The first-order valence-electron chi connectivity index (χ1n) is 22.4. The van der Waals surface area contributed by atoms with E-state index in [1.165, 1.54) is 5.56 Å². The summed E-state index contributed by atoms with van der Waals surface area (Å²) in [4.78, 5) is 67.2. The summed E-state index contributed by atoms with van der Waals surface area (Å²) < 4.78 is 11.1. The predicted octanol–water partition coefficient (Wildman–Crippen LogP) is 5.21. The average Bonchev–Trinajstić information content (AvgIpc) is 3.34. The fourth-order valence-electron chi connectivity index (χ4n) is 8.21. The van der Waals surface area contributed by atoms with Gasteiger partial charge < -0.3 is 50.8 Å². The fourth-order valence-corrected chi connectivity index (χ4v) is 8.21. The van der Waals surface area contributed by atoms with Crippen LogP contribution in [-0.2, 0) is 35.4 Å². The molecule has 7 heterocycles. The molecular weight excluding hydrogens is 862 g/mol. The minimum absolute atomic E-state index is 0. The third-order valence-electron chi connectivity index (χ3n) is 11.6. The third-order valence-corrected chi connectivity index (χ3v) is 11.6. The average molecular weight is 921 g/mol. The Kier molecular flexibility index (Phi) is 16.3. The number of rotatable bonds is 9. The minimum atomic E-state index is -0.247. The molecule has 19 heteroatoms. The minimum Gasteiger partial charge on any atom is -0.378 e. The summed E-state index contributed by atoms with van der Waals surface area (Å²) in [5.41, 5.74) is 8.80. The van der Waals surface area contributed by atoms with Gasteiger partial charge in [0.1, 0.15) is 11.6 Å². The van der Waals surface area contributed by atoms with E-state index in [1.54, 1.807) is 12.3 Å². The van der Waals surface area contributed by atoms with Gasteiger partial charge in [0.15, 0.2) is 11.6 Å². The Morgan fingerprint density at radius 2 is 1.18 bits per heavy atom. The Balaban J connectivity index is 0.000000201. The second-order valence-corrected chi connectivity index (χ2v) is 16.0. The van der Waals surface area contributed by atoms with Gasteiger partial charge in [-0.1, -0.05) is 0 Å². The van der Waals surface area contributed by atoms with Gasteiger partial charge in [-0.25, -0.2) is 29.5 Å². The van der Waals surface area contributed by atoms with E-state index in [-0.39, 0.29) is 30.4 Å². The molecule has 0 spiro atoms. The Labute approximate surface area is 391 Å². The number of nitrogens with one attached hydrogen (secondary N) is 5. The molecule has 66 heavy (non-hydrogen) atoms. The van der Waals surface area contributed by atoms with Crippen LogP contribution >= 0.6 is 12.4 Å². The summed E-state index contributed by atoms with van der Waals surface area (Å²) in [6.45, 7) is 15.5. The first-order valence-corrected chi connectivity index (χ1v) is 22.4. The zero-order valence-corrected chi connectivity index (χ0v) is 38.5. The second-order valence-electron chi connectivity index (χ2n) is 16.0. The molecule has 18 nitrogen and oxygen atoms in total. The monoisotopic (exact) mass is 919 g/mol. The van der Waals surface area contributed by atoms with E-state index in [9.17, 15) is 14.4 Å². The number of urea groups is 2. The van der Waals surface area contributed by atoms with Gasteiger partial charge in [-0.05, 0) is 101 Å². The van der Waals surface area contributed by atoms with Crippen molar-refractivity contribution >= 4 is 53.4 Å². The highest BCUT2D eigenvalue weighted by atomic mass is 35.5. The Hall–Kier alpha value is -6.47. The van der Waals surface area contributed by atoms with Crippen LogP contribution in [0.5, 0.6) is 0 Å². The summed E-state index contributed by atoms with van der Waals surface area (Å²) in [7, 11) is 0. The molecule has 0 radical (unpaired) electrons. The molecular formula is C47H58ClN13O5. The molecule has 4 aliphatic heterocycles. The van der Waals surface area contributed by atoms with E-state index < -0.39 is 0 Å². The number of halogens is 1. The van der Waals surface area contributed by atoms with E-state index in [0.29, 0.717) is 68.7 Å². The highest BCUT2D eigenvalue weighted by molar-refractivity contribution is 5.95. The molecule has 0 bridgehead atoms. The Bertz CT molecular complexity index is 2460. The van der Waals surface area contributed by atoms with E-state index >= 15 is 0 Å². The quantitative estimate of drug-likeness (QED) is 0.129. The number of anilines is 4. The number of carbonyl (C=O) groups is 3. The molecule has 348 valence electrons. The highest BCUT2D eigenvalue weighted by Gasteiger charge is 2.30. The fraction of sp³-hybridized carbons (Fsp3) is 0.404. The van der Waals surface area contributed by atoms with Crippen molar-refractivity contribution in [1.82, 2.24) is 45.8 Å². The van der Waals surface area contributed by atoms with Gasteiger partial charge in [0, 0.05) is 97.9 Å². The van der Waals surface area contributed by atoms with E-state index in [1.807, 2.05) is 80.3 Å². The predicted molar refractivity (Wildman–Crippen MR) is 256 cm³/mol. The molecule has 5 amide bonds. The molecule has 0 saturated carbocycles. The van der Waals surface area contributed by atoms with E-state index in [2.05, 4.69) is 41.4 Å². The third kappa shape index (κ3) is 11.5. The largest absolute Gasteiger partial charge is 0.378 e. The Morgan fingerprint density at radius 3 is 1.70 bits per heavy atom. The maximum atomic E-state index is 13.3. The molecule has 0 atom stereocenters. The normalized spacial score (nSPS) is 15.5. The lowest BCUT2D eigenvalue weighted by molar-refractivity contribution is 0.0730. The number of hydrogen-bond donors (Lipinski definition) is 5. The van der Waals surface area contributed by atoms with Crippen LogP contribution in [-0.4, -0.2) is 127 Å². The summed E-state index contributed by atoms with van der Waals surface area (Å²) in [6.07, 6.45) is 3.32. The lowest BCUT2D eigenvalue weighted by Crippen LogP contribution is -2.41. The molecule has 5 aromatic rings. The van der Waals surface area contributed by atoms with Gasteiger partial charge in [-0.15, -0.1) is 12.4 Å². The molecule has 3 aromatic heterocycles. The van der Waals surface area contributed by atoms with Crippen LogP contribution in [0.15, 0.2) is 66.9 Å². The van der Waals surface area contributed by atoms with Gasteiger partial charge >= 0.3 is 12.1 Å². The number of carbonyl (C=O) groups excluding carboxylic acids is 3. The van der Waals surface area contributed by atoms with Crippen LogP contribution in [0.3, 0.4) is 0 Å². The van der Waals surface area contributed by atoms with Crippen molar-refractivity contribution < 1.29 is 23.9 Å². The van der Waals surface area contributed by atoms with Crippen molar-refractivity contribution in [2.24, 2.45) is 0 Å². The van der Waals surface area contributed by atoms with E-state index in [0.717, 1.165) is 110 Å². The number of amides is 5. The molecule has 4 aliphatic rings. The van der Waals surface area contributed by atoms with Crippen molar-refractivity contribution in [1.29, 1.82) is 0 Å². The maximum Gasteiger partial charge on any atom is 0.319 e. The number of pyridine rings is 1. The number of morpholine rings is 2. The van der Waals surface area contributed by atoms with Gasteiger partial charge in [0.05, 0.1) is 49.9 Å². The number of ether oxygens (including phenoxy) is 2. The summed E-state index contributed by atoms with van der Waals surface area (Å²) >= 11 is 0. The van der Waals surface area contributed by atoms with Crippen LogP contribution in [0.1, 0.15) is 52.4 Å². The van der Waals surface area contributed by atoms with Crippen molar-refractivity contribution in [3.05, 3.63) is 101 Å². The molecule has 2 aromatic carbocycles. The van der Waals surface area contributed by atoms with Gasteiger partial charge in [-0.3, -0.25) is 9.78 Å². The lowest BCUT2D eigenvalue weighted by atomic mass is 10.0. The topological polar surface area (TPSA) is 204 Å². The van der Waals surface area contributed by atoms with Crippen molar-refractivity contribution in [3.8, 4) is 22.8 Å². The van der Waals surface area contributed by atoms with Gasteiger partial charge in [0.2, 0.25) is 0 Å². The first-order chi connectivity index (χ1) is 31.8. The Morgan fingerprint density at radius 1 is 0.667 bits per heavy atom. The smallest absolute Gasteiger partial charge is 0.319 e. The number of fused-ring (bicyclic) bond motifs is 2. The number of hydrogen-bond acceptors (Lipinski definition) is 13. The number of nitrogens with zero attached hydrogens (tertiary/aromatic N) is 8. The zero-order valence-electron chi connectivity index (χ0n) is 37.7. The first kappa shape index (κ1) is 47.5. The molecule has 9 rings (SSSR count). The van der Waals surface area contributed by atoms with Crippen LogP contribution < -0.4 is 36.4 Å². The summed E-state index contributed by atoms with van der Waals surface area (Å²) in [5.74, 6) is 3.22. The standard InChI is InChI=1S/C27H31N7O3.C20H26N6O2.ClH/c1-3-28-27(36)30-20-8-6-19(7-9-20)24-31-23-17-34(26(35)21-5-4-11-29-18(21)2)12-10-22(23)25(32-24)33-13-15-37-16-14-33;1-2-22-20(27)23-15-5-3-14(4-6-15)18-24-17-13-21-8-7-16(17)19(25-18)26-9-11-28-12-10-26;/h4-9,11H,3,10,12-17H2,1-2H3,(H2,28,30,36);3-6,21H,2,7-13H2,1H3,(H2,22,23,27);1H. The van der Waals surface area contributed by atoms with Crippen LogP contribution in [0, 0.1) is 6.92 Å². The van der Waals surface area contributed by atoms with Gasteiger partial charge in [0.25, 0.3) is 5.91 Å². The van der Waals surface area contributed by atoms with E-state index in [4.69, 9.17) is 29.4 Å². The summed E-state index contributed by atoms with van der Waals surface area (Å²) in [6, 6.07) is 18.3. The van der Waals surface area contributed by atoms with Gasteiger partial charge in [-0.2, -0.15) is 0 Å². The maximum absolute atomic E-state index is 13.3. The zero-order chi connectivity index (χ0) is 45.1. The van der Waals surface area contributed by atoms with Crippen LogP contribution in [0.25, 0.3) is 22.8 Å². The van der Waals surface area contributed by atoms with Crippen molar-refractivity contribution in [3.63, 3.8) is 0 Å². The molecule has 5 N–H and O–H groups in total. The van der Waals surface area contributed by atoms with Crippen molar-refractivity contribution in [2.45, 2.75) is 46.7 Å². The number of benzene rings is 2. The van der Waals surface area contributed by atoms with Crippen LogP contribution in [0.2, 0.25) is 0 Å². The number of aromatic nitrogens is 5. The molecule has 0 unspecified atom stereocenters. The molecule has 2 fully saturated rings. The second kappa shape index (κ2) is 22.6. The number of aryl methyl sites for hydroxylation is 1. The van der Waals surface area contributed by atoms with Crippen LogP contribution in [0.4, 0.5) is 32.6 Å². The summed E-state index contributed by atoms with van der Waals surface area (Å²) in [5, 5.41) is 14.5. The SMILES string of the molecule is CCNC(=O)Nc1ccc(-c2nc3c(c(N4CCOCC4)n2)CCN(C(=O)c2cccnc2C)C3)cc1.CCNC(=O)Nc1ccc(-c2nc3c(c(N4CCOCC4)n2)CCNC3)cc1.Cl. The van der Waals surface area contributed by atoms with Crippen molar-refractivity contribution in [2.75, 3.05) is 99.2 Å². The molecule has 2 saturated heterocycles. The molecule has 0 aliphatic carbocycles.